The van der Waals surface area contributed by atoms with E-state index in [1.165, 1.54) is 26.0 Å². The third-order valence-corrected chi connectivity index (χ3v) is 16.8. The van der Waals surface area contributed by atoms with Crippen LogP contribution in [0.25, 0.3) is 22.0 Å². The summed E-state index contributed by atoms with van der Waals surface area (Å²) < 4.78 is 226. The Kier molecular flexibility index (Phi) is 14.8. The van der Waals surface area contributed by atoms with Crippen molar-refractivity contribution in [3.8, 4) is 23.0 Å². The van der Waals surface area contributed by atoms with Crippen LogP contribution in [-0.2, 0) is 74.4 Å². The number of nitrogens with one attached hydrogen (secondary N) is 1. The van der Waals surface area contributed by atoms with Crippen molar-refractivity contribution in [2.24, 2.45) is 5.92 Å². The maximum Gasteiger partial charge on any atom is 0.474 e. The fourth-order valence-electron chi connectivity index (χ4n) is 8.28. The average molecular weight is 1120 g/mol. The highest BCUT2D eigenvalue weighted by atomic mass is 35.5. The zero-order valence-electron chi connectivity index (χ0n) is 38.8. The van der Waals surface area contributed by atoms with Crippen molar-refractivity contribution >= 4 is 61.9 Å². The third-order valence-electron chi connectivity index (χ3n) is 11.9. The van der Waals surface area contributed by atoms with Gasteiger partial charge in [-0.1, -0.05) is 23.6 Å². The SMILES string of the molecule is COP(=O)(OC)OCCN(c1nn(CC(F)(F)F)c2c(-c3ccc(C#CC(C)(C)S(C)(=O)=O)nc3[C@H](Cc3cc(F)cc(F)c3)NC(=O)Cn3nc(C(F)(F)F)c4c3C(F)(F)[C@@H]3C[C@H]43)ccc(Cl)c12)S(C)(=O)=O. The number of phosphoric acid groups is 1. The number of rotatable bonds is 17. The number of benzene rings is 2. The molecule has 2 aromatic carbocycles. The first-order valence-electron chi connectivity index (χ1n) is 21.2. The lowest BCUT2D eigenvalue weighted by atomic mass is 9.93. The Morgan fingerprint density at radius 3 is 2.18 bits per heavy atom. The zero-order chi connectivity index (χ0) is 54.2. The molecule has 0 saturated heterocycles. The van der Waals surface area contributed by atoms with E-state index in [9.17, 15) is 61.3 Å². The van der Waals surface area contributed by atoms with Crippen LogP contribution in [0, 0.1) is 29.4 Å². The summed E-state index contributed by atoms with van der Waals surface area (Å²) in [5.41, 5.74) is -5.66. The number of alkyl halides is 8. The Labute approximate surface area is 414 Å². The fraction of sp³-hybridized carbons (Fsp3) is 0.442. The predicted molar refractivity (Wildman–Crippen MR) is 243 cm³/mol. The van der Waals surface area contributed by atoms with Crippen LogP contribution in [0.1, 0.15) is 66.1 Å². The van der Waals surface area contributed by atoms with E-state index in [0.29, 0.717) is 21.3 Å². The molecule has 396 valence electrons. The lowest BCUT2D eigenvalue weighted by Gasteiger charge is -2.23. The molecule has 2 aliphatic carbocycles. The Balaban J connectivity index is 1.47. The van der Waals surface area contributed by atoms with Gasteiger partial charge in [-0.25, -0.2) is 39.5 Å². The van der Waals surface area contributed by atoms with Crippen molar-refractivity contribution in [3.05, 3.63) is 93.0 Å². The van der Waals surface area contributed by atoms with Gasteiger partial charge in [0, 0.05) is 49.1 Å². The maximum atomic E-state index is 15.6. The summed E-state index contributed by atoms with van der Waals surface area (Å²) in [7, 11) is -10.8. The molecule has 16 nitrogen and oxygen atoms in total. The molecule has 1 amide bonds. The number of amides is 1. The molecule has 73 heavy (non-hydrogen) atoms. The smallest absolute Gasteiger partial charge is 0.346 e. The molecule has 1 saturated carbocycles. The van der Waals surface area contributed by atoms with Crippen LogP contribution in [0.4, 0.5) is 49.7 Å². The van der Waals surface area contributed by atoms with Crippen LogP contribution in [0.3, 0.4) is 0 Å². The van der Waals surface area contributed by atoms with Crippen molar-refractivity contribution in [2.75, 3.05) is 44.2 Å². The molecule has 1 fully saturated rings. The van der Waals surface area contributed by atoms with Gasteiger partial charge in [-0.3, -0.25) is 27.7 Å². The maximum absolute atomic E-state index is 15.6. The van der Waals surface area contributed by atoms with Gasteiger partial charge in [0.25, 0.3) is 5.92 Å². The molecular weight excluding hydrogens is 1080 g/mol. The molecule has 0 unspecified atom stereocenters. The molecule has 5 aromatic rings. The van der Waals surface area contributed by atoms with Gasteiger partial charge >= 0.3 is 20.2 Å². The van der Waals surface area contributed by atoms with Crippen molar-refractivity contribution in [3.63, 3.8) is 0 Å². The first kappa shape index (κ1) is 55.5. The number of hydrogen-bond donors (Lipinski definition) is 1. The summed E-state index contributed by atoms with van der Waals surface area (Å²) in [6, 6.07) is 4.95. The number of nitrogens with zero attached hydrogens (tertiary/aromatic N) is 6. The molecule has 3 atom stereocenters. The number of carbonyl (C=O) groups excluding carboxylic acids is 1. The molecule has 30 heteroatoms. The van der Waals surface area contributed by atoms with E-state index >= 15 is 8.78 Å². The largest absolute Gasteiger partial charge is 0.474 e. The fourth-order valence-corrected chi connectivity index (χ4v) is 10.3. The minimum absolute atomic E-state index is 0.198. The number of sulfone groups is 1. The number of fused-ring (bicyclic) bond motifs is 4. The zero-order valence-corrected chi connectivity index (χ0v) is 42.1. The van der Waals surface area contributed by atoms with E-state index in [2.05, 4.69) is 32.3 Å². The molecule has 0 spiro atoms. The van der Waals surface area contributed by atoms with Gasteiger partial charge in [0.2, 0.25) is 15.9 Å². The van der Waals surface area contributed by atoms with Crippen LogP contribution in [-0.4, -0.2) is 98.1 Å². The van der Waals surface area contributed by atoms with Crippen LogP contribution >= 0.6 is 19.4 Å². The lowest BCUT2D eigenvalue weighted by Crippen LogP contribution is -2.35. The number of carbonyl (C=O) groups is 1. The Bertz CT molecular complexity index is 3350. The topological polar surface area (TPSA) is 194 Å². The summed E-state index contributed by atoms with van der Waals surface area (Å²) in [5, 5.41) is 9.00. The van der Waals surface area contributed by atoms with Gasteiger partial charge in [-0.2, -0.15) is 45.3 Å². The number of anilines is 1. The van der Waals surface area contributed by atoms with Gasteiger partial charge in [-0.15, -0.1) is 0 Å². The molecule has 0 radical (unpaired) electrons. The molecule has 1 N–H and O–H groups in total. The van der Waals surface area contributed by atoms with Gasteiger partial charge in [-0.05, 0) is 74.4 Å². The Morgan fingerprint density at radius 1 is 0.973 bits per heavy atom. The summed E-state index contributed by atoms with van der Waals surface area (Å²) in [5.74, 6) is -5.73. The van der Waals surface area contributed by atoms with Crippen LogP contribution in [0.15, 0.2) is 42.5 Å². The normalized spacial score (nSPS) is 17.2. The van der Waals surface area contributed by atoms with E-state index in [-0.39, 0.29) is 33.5 Å². The van der Waals surface area contributed by atoms with E-state index < -0.39 is 163 Å². The van der Waals surface area contributed by atoms with Gasteiger partial charge in [0.15, 0.2) is 21.3 Å². The van der Waals surface area contributed by atoms with Gasteiger partial charge in [0.05, 0.1) is 47.1 Å². The number of sulfonamides is 1. The predicted octanol–water partition coefficient (Wildman–Crippen LogP) is 8.47. The second-order valence-corrected chi connectivity index (χ2v) is 24.3. The van der Waals surface area contributed by atoms with Gasteiger partial charge in [0.1, 0.15) is 40.9 Å². The summed E-state index contributed by atoms with van der Waals surface area (Å²) in [4.78, 5) is 18.7. The van der Waals surface area contributed by atoms with Crippen LogP contribution in [0.5, 0.6) is 0 Å². The highest BCUT2D eigenvalue weighted by Crippen LogP contribution is 2.68. The second kappa shape index (κ2) is 19.4. The van der Waals surface area contributed by atoms with Crippen LogP contribution in [0.2, 0.25) is 5.02 Å². The number of halogens is 11. The number of pyridine rings is 1. The highest BCUT2D eigenvalue weighted by molar-refractivity contribution is 7.92. The van der Waals surface area contributed by atoms with Crippen molar-refractivity contribution in [1.82, 2.24) is 29.9 Å². The van der Waals surface area contributed by atoms with Crippen molar-refractivity contribution in [1.29, 1.82) is 0 Å². The number of aromatic nitrogens is 5. The second-order valence-electron chi connectivity index (χ2n) is 17.5. The van der Waals surface area contributed by atoms with E-state index in [4.69, 9.17) is 25.2 Å². The molecule has 3 heterocycles. The molecule has 3 aromatic heterocycles. The van der Waals surface area contributed by atoms with E-state index in [0.717, 1.165) is 44.7 Å². The third kappa shape index (κ3) is 11.5. The van der Waals surface area contributed by atoms with Crippen molar-refractivity contribution in [2.45, 2.75) is 74.8 Å². The first-order valence-corrected chi connectivity index (χ1v) is 26.8. The lowest BCUT2D eigenvalue weighted by molar-refractivity contribution is -0.143. The minimum atomic E-state index is -5.22. The Morgan fingerprint density at radius 2 is 1.60 bits per heavy atom. The molecular formula is C43H41ClF10N7O9PS2. The van der Waals surface area contributed by atoms with Crippen molar-refractivity contribution < 1.29 is 83.7 Å². The summed E-state index contributed by atoms with van der Waals surface area (Å²) in [6.45, 7) is -2.28. The Hall–Kier alpha value is -5.30. The monoisotopic (exact) mass is 1120 g/mol. The quantitative estimate of drug-likeness (QED) is 0.0531. The van der Waals surface area contributed by atoms with Crippen LogP contribution < -0.4 is 9.62 Å². The molecule has 2 aliphatic rings. The first-order chi connectivity index (χ1) is 33.6. The number of hydrogen-bond acceptors (Lipinski definition) is 12. The molecule has 0 aliphatic heterocycles. The summed E-state index contributed by atoms with van der Waals surface area (Å²) in [6.07, 6.45) is -9.74. The average Bonchev–Trinajstić information content (AvgIpc) is 3.77. The standard InChI is InChI=1S/C43H41ClF10N7O9PS2/c1-40(2,72(5,64)65)12-11-25-7-8-26(27-9-10-30(44)34-36(27)60(21-41(47,48)49)58-39(34)61(73(6,66)67)13-14-70-71(63,68-3)69-4)35(55-25)31(17-22-15-23(45)18-24(46)16-22)56-32(62)20-59-38-33(37(57-59)43(52,53)54)28-19-29(28)42(38,50)51/h7-10,15-16,18,28-29,31H,13-14,17,19-21H2,1-6H3,(H,56,62)/t28-,29+,31-/m0/s1. The highest BCUT2D eigenvalue weighted by Gasteiger charge is 2.68. The van der Waals surface area contributed by atoms with Gasteiger partial charge < -0.3 is 5.32 Å². The molecule has 7 rings (SSSR count). The van der Waals surface area contributed by atoms with E-state index in [1.54, 1.807) is 0 Å². The molecule has 0 bridgehead atoms. The van der Waals surface area contributed by atoms with E-state index in [1.807, 2.05) is 0 Å². The number of phosphoric ester groups is 1. The minimum Gasteiger partial charge on any atom is -0.346 e. The summed E-state index contributed by atoms with van der Waals surface area (Å²) >= 11 is 6.67.